The molecule has 0 saturated carbocycles. The molecule has 110 valence electrons. The van der Waals surface area contributed by atoms with Gasteiger partial charge in [-0.05, 0) is 36.2 Å². The molecule has 1 N–H and O–H groups in total. The second-order valence-corrected chi connectivity index (χ2v) is 5.51. The normalized spacial score (nSPS) is 12.3. The molecule has 3 heteroatoms. The van der Waals surface area contributed by atoms with Crippen LogP contribution in [0, 0.1) is 0 Å². The smallest absolute Gasteiger partial charge is 0.335 e. The number of hydrogen-bond donors (Lipinski definition) is 1. The van der Waals surface area contributed by atoms with Crippen molar-refractivity contribution < 1.29 is 9.90 Å². The van der Waals surface area contributed by atoms with Gasteiger partial charge in [0.2, 0.25) is 0 Å². The third kappa shape index (κ3) is 4.43. The van der Waals surface area contributed by atoms with Crippen LogP contribution in [0.2, 0.25) is 0 Å². The molecular weight excluding hydrogens is 262 g/mol. The molecule has 0 heterocycles. The van der Waals surface area contributed by atoms with Crippen molar-refractivity contribution in [2.75, 3.05) is 13.6 Å². The van der Waals surface area contributed by atoms with Crippen LogP contribution in [-0.2, 0) is 6.54 Å². The number of hydrogen-bond acceptors (Lipinski definition) is 2. The summed E-state index contributed by atoms with van der Waals surface area (Å²) < 4.78 is 0. The molecule has 0 saturated heterocycles. The van der Waals surface area contributed by atoms with Crippen molar-refractivity contribution in [3.63, 3.8) is 0 Å². The third-order valence-corrected chi connectivity index (χ3v) is 3.58. The summed E-state index contributed by atoms with van der Waals surface area (Å²) >= 11 is 0. The van der Waals surface area contributed by atoms with Gasteiger partial charge in [-0.1, -0.05) is 49.4 Å². The fourth-order valence-corrected chi connectivity index (χ4v) is 2.53. The fraction of sp³-hybridized carbons (Fsp3) is 0.278. The Morgan fingerprint density at radius 2 is 1.86 bits per heavy atom. The van der Waals surface area contributed by atoms with Gasteiger partial charge in [-0.15, -0.1) is 0 Å². The summed E-state index contributed by atoms with van der Waals surface area (Å²) in [5.41, 5.74) is 2.69. The summed E-state index contributed by atoms with van der Waals surface area (Å²) in [6.45, 7) is 3.89. The number of likely N-dealkylation sites (N-methyl/N-ethyl adjacent to an activating group) is 1. The van der Waals surface area contributed by atoms with Gasteiger partial charge in [-0.2, -0.15) is 0 Å². The Bertz CT molecular complexity index is 595. The fourth-order valence-electron chi connectivity index (χ4n) is 2.53. The highest BCUT2D eigenvalue weighted by molar-refractivity contribution is 5.87. The Morgan fingerprint density at radius 3 is 2.52 bits per heavy atom. The number of carboxylic acids is 1. The van der Waals surface area contributed by atoms with Crippen LogP contribution in [0.3, 0.4) is 0 Å². The van der Waals surface area contributed by atoms with E-state index in [2.05, 4.69) is 43.1 Å². The maximum absolute atomic E-state index is 11.0. The number of rotatable bonds is 6. The quantitative estimate of drug-likeness (QED) is 0.880. The summed E-state index contributed by atoms with van der Waals surface area (Å²) in [6, 6.07) is 17.6. The van der Waals surface area contributed by atoms with Crippen molar-refractivity contribution in [2.45, 2.75) is 19.4 Å². The van der Waals surface area contributed by atoms with E-state index in [4.69, 9.17) is 5.11 Å². The van der Waals surface area contributed by atoms with Gasteiger partial charge >= 0.3 is 5.97 Å². The lowest BCUT2D eigenvalue weighted by Crippen LogP contribution is -2.23. The summed E-state index contributed by atoms with van der Waals surface area (Å²) in [6.07, 6.45) is 0. The Labute approximate surface area is 125 Å². The first-order chi connectivity index (χ1) is 10.1. The largest absolute Gasteiger partial charge is 0.478 e. The molecule has 0 fully saturated rings. The topological polar surface area (TPSA) is 40.5 Å². The Balaban J connectivity index is 1.97. The number of nitrogens with zero attached hydrogens (tertiary/aromatic N) is 1. The Morgan fingerprint density at radius 1 is 1.14 bits per heavy atom. The highest BCUT2D eigenvalue weighted by Gasteiger charge is 2.10. The summed E-state index contributed by atoms with van der Waals surface area (Å²) in [5.74, 6) is -0.434. The van der Waals surface area contributed by atoms with Gasteiger partial charge in [0.1, 0.15) is 0 Å². The molecular formula is C18H21NO2. The van der Waals surface area contributed by atoms with Gasteiger partial charge in [0.25, 0.3) is 0 Å². The third-order valence-electron chi connectivity index (χ3n) is 3.58. The molecule has 0 aliphatic heterocycles. The van der Waals surface area contributed by atoms with Crippen LogP contribution in [0.15, 0.2) is 54.6 Å². The van der Waals surface area contributed by atoms with Gasteiger partial charge in [0.05, 0.1) is 5.56 Å². The predicted octanol–water partition coefficient (Wildman–Crippen LogP) is 3.62. The maximum atomic E-state index is 11.0. The summed E-state index contributed by atoms with van der Waals surface area (Å²) in [5, 5.41) is 9.02. The lowest BCUT2D eigenvalue weighted by Gasteiger charge is -2.21. The van der Waals surface area contributed by atoms with Gasteiger partial charge in [-0.25, -0.2) is 4.79 Å². The highest BCUT2D eigenvalue weighted by atomic mass is 16.4. The molecule has 2 aromatic carbocycles. The van der Waals surface area contributed by atoms with Gasteiger partial charge < -0.3 is 10.0 Å². The molecule has 21 heavy (non-hydrogen) atoms. The minimum Gasteiger partial charge on any atom is -0.478 e. The second kappa shape index (κ2) is 7.04. The number of aromatic carboxylic acids is 1. The number of benzene rings is 2. The highest BCUT2D eigenvalue weighted by Crippen LogP contribution is 2.17. The van der Waals surface area contributed by atoms with E-state index in [1.165, 1.54) is 5.56 Å². The van der Waals surface area contributed by atoms with Crippen molar-refractivity contribution in [2.24, 2.45) is 0 Å². The van der Waals surface area contributed by atoms with E-state index in [9.17, 15) is 4.79 Å². The summed E-state index contributed by atoms with van der Waals surface area (Å²) in [4.78, 5) is 13.2. The molecule has 0 amide bonds. The van der Waals surface area contributed by atoms with Crippen LogP contribution in [0.25, 0.3) is 0 Å². The molecule has 0 bridgehead atoms. The molecule has 3 nitrogen and oxygen atoms in total. The Kier molecular flexibility index (Phi) is 5.12. The van der Waals surface area contributed by atoms with Gasteiger partial charge in [-0.3, -0.25) is 0 Å². The van der Waals surface area contributed by atoms with Gasteiger partial charge in [0, 0.05) is 13.1 Å². The van der Waals surface area contributed by atoms with E-state index in [1.54, 1.807) is 18.2 Å². The molecule has 2 aromatic rings. The first-order valence-electron chi connectivity index (χ1n) is 7.12. The van der Waals surface area contributed by atoms with E-state index in [0.717, 1.165) is 18.7 Å². The minimum absolute atomic E-state index is 0.344. The minimum atomic E-state index is -0.878. The van der Waals surface area contributed by atoms with Crippen molar-refractivity contribution in [1.29, 1.82) is 0 Å². The van der Waals surface area contributed by atoms with Crippen LogP contribution >= 0.6 is 0 Å². The maximum Gasteiger partial charge on any atom is 0.335 e. The zero-order valence-electron chi connectivity index (χ0n) is 12.5. The SMILES string of the molecule is CC(CN(C)Cc1cccc(C(=O)O)c1)c1ccccc1. The first-order valence-corrected chi connectivity index (χ1v) is 7.12. The number of carboxylic acid groups (broad SMARTS) is 1. The molecule has 0 spiro atoms. The molecule has 1 unspecified atom stereocenters. The van der Waals surface area contributed by atoms with E-state index in [-0.39, 0.29) is 0 Å². The van der Waals surface area contributed by atoms with E-state index >= 15 is 0 Å². The standard InChI is InChI=1S/C18H21NO2/c1-14(16-8-4-3-5-9-16)12-19(2)13-15-7-6-10-17(11-15)18(20)21/h3-11,14H,12-13H2,1-2H3,(H,20,21). The number of carbonyl (C=O) groups is 1. The van der Waals surface area contributed by atoms with Crippen LogP contribution in [-0.4, -0.2) is 29.6 Å². The van der Waals surface area contributed by atoms with Crippen molar-refractivity contribution in [3.8, 4) is 0 Å². The predicted molar refractivity (Wildman–Crippen MR) is 84.6 cm³/mol. The van der Waals surface area contributed by atoms with Gasteiger partial charge in [0.15, 0.2) is 0 Å². The van der Waals surface area contributed by atoms with Crippen LogP contribution < -0.4 is 0 Å². The van der Waals surface area contributed by atoms with Crippen molar-refractivity contribution in [3.05, 3.63) is 71.3 Å². The second-order valence-electron chi connectivity index (χ2n) is 5.51. The van der Waals surface area contributed by atoms with Crippen LogP contribution in [0.1, 0.15) is 34.3 Å². The summed E-state index contributed by atoms with van der Waals surface area (Å²) in [7, 11) is 2.06. The van der Waals surface area contributed by atoms with Crippen molar-refractivity contribution >= 4 is 5.97 Å². The molecule has 2 rings (SSSR count). The van der Waals surface area contributed by atoms with E-state index in [0.29, 0.717) is 11.5 Å². The monoisotopic (exact) mass is 283 g/mol. The zero-order chi connectivity index (χ0) is 15.2. The van der Waals surface area contributed by atoms with E-state index < -0.39 is 5.97 Å². The van der Waals surface area contributed by atoms with Crippen molar-refractivity contribution in [1.82, 2.24) is 4.90 Å². The Hall–Kier alpha value is -2.13. The molecule has 0 radical (unpaired) electrons. The zero-order valence-corrected chi connectivity index (χ0v) is 12.5. The molecule has 0 aromatic heterocycles. The first kappa shape index (κ1) is 15.3. The van der Waals surface area contributed by atoms with E-state index in [1.807, 2.05) is 12.1 Å². The average Bonchev–Trinajstić information content (AvgIpc) is 2.48. The lowest BCUT2D eigenvalue weighted by molar-refractivity contribution is 0.0696. The van der Waals surface area contributed by atoms with Crippen LogP contribution in [0.5, 0.6) is 0 Å². The molecule has 0 aliphatic carbocycles. The molecule has 1 atom stereocenters. The van der Waals surface area contributed by atoms with Crippen LogP contribution in [0.4, 0.5) is 0 Å². The molecule has 0 aliphatic rings. The lowest BCUT2D eigenvalue weighted by atomic mass is 10.0. The average molecular weight is 283 g/mol.